The molecule has 184 valence electrons. The van der Waals surface area contributed by atoms with Gasteiger partial charge >= 0.3 is 12.2 Å². The van der Waals surface area contributed by atoms with Crippen LogP contribution in [0, 0.1) is 0 Å². The van der Waals surface area contributed by atoms with Crippen LogP contribution >= 0.6 is 11.3 Å². The Labute approximate surface area is 201 Å². The van der Waals surface area contributed by atoms with E-state index in [1.54, 1.807) is 13.8 Å². The predicted molar refractivity (Wildman–Crippen MR) is 121 cm³/mol. The maximum Gasteiger partial charge on any atom is 0.434 e. The molecule has 0 unspecified atom stereocenters. The van der Waals surface area contributed by atoms with Crippen molar-refractivity contribution < 1.29 is 27.6 Å². The molecule has 0 fully saturated rings. The van der Waals surface area contributed by atoms with Crippen molar-refractivity contribution in [2.24, 2.45) is 11.5 Å². The van der Waals surface area contributed by atoms with Crippen molar-refractivity contribution >= 4 is 29.2 Å². The number of nitrogens with one attached hydrogen (secondary N) is 2. The second-order valence-electron chi connectivity index (χ2n) is 7.58. The molecular weight excluding hydrogens is 487 g/mol. The lowest BCUT2D eigenvalue weighted by Crippen LogP contribution is -2.39. The van der Waals surface area contributed by atoms with Gasteiger partial charge in [0.1, 0.15) is 5.01 Å². The van der Waals surface area contributed by atoms with Crippen LogP contribution in [0.4, 0.5) is 18.0 Å². The molecule has 0 aromatic carbocycles. The molecule has 0 atom stereocenters. The monoisotopic (exact) mass is 507 g/mol. The molecule has 35 heavy (non-hydrogen) atoms. The summed E-state index contributed by atoms with van der Waals surface area (Å²) in [6, 6.07) is 0.639. The summed E-state index contributed by atoms with van der Waals surface area (Å²) in [6.45, 7) is 3.24. The zero-order valence-corrected chi connectivity index (χ0v) is 19.3. The fourth-order valence-corrected chi connectivity index (χ4v) is 4.00. The van der Waals surface area contributed by atoms with E-state index in [4.69, 9.17) is 11.5 Å². The van der Waals surface area contributed by atoms with Gasteiger partial charge in [-0.3, -0.25) is 19.6 Å². The van der Waals surface area contributed by atoms with E-state index in [0.29, 0.717) is 11.3 Å². The minimum atomic E-state index is -4.72. The number of hydrogen-bond acceptors (Lipinski definition) is 7. The van der Waals surface area contributed by atoms with Crippen molar-refractivity contribution in [3.8, 4) is 21.7 Å². The average Bonchev–Trinajstić information content (AvgIpc) is 3.27. The number of carbonyl (C=O) groups is 3. The quantitative estimate of drug-likeness (QED) is 0.384. The number of thiazole rings is 1. The number of pyridine rings is 2. The number of amides is 4. The third-order valence-corrected chi connectivity index (χ3v) is 5.44. The molecule has 0 saturated carbocycles. The molecular formula is C21H20F3N7O3S. The highest BCUT2D eigenvalue weighted by Gasteiger charge is 2.35. The van der Waals surface area contributed by atoms with Crippen molar-refractivity contribution in [3.63, 3.8) is 0 Å². The van der Waals surface area contributed by atoms with Gasteiger partial charge in [-0.15, -0.1) is 11.3 Å². The number of aromatic nitrogens is 3. The fraction of sp³-hybridized carbons (Fsp3) is 0.238. The number of nitrogens with zero attached hydrogens (tertiary/aromatic N) is 3. The van der Waals surface area contributed by atoms with Crippen molar-refractivity contribution in [2.75, 3.05) is 0 Å². The first kappa shape index (κ1) is 25.6. The molecule has 0 aliphatic rings. The van der Waals surface area contributed by atoms with Gasteiger partial charge in [-0.25, -0.2) is 9.78 Å². The zero-order valence-electron chi connectivity index (χ0n) is 18.4. The maximum absolute atomic E-state index is 13.3. The largest absolute Gasteiger partial charge is 0.434 e. The molecule has 14 heteroatoms. The number of nitrogens with two attached hydrogens (primary N) is 2. The Kier molecular flexibility index (Phi) is 7.34. The van der Waals surface area contributed by atoms with Crippen LogP contribution in [0.2, 0.25) is 0 Å². The van der Waals surface area contributed by atoms with E-state index in [1.807, 2.05) is 0 Å². The molecule has 3 rings (SSSR count). The topological polar surface area (TPSA) is 166 Å². The predicted octanol–water partition coefficient (Wildman–Crippen LogP) is 2.69. The number of rotatable bonds is 7. The number of urea groups is 1. The molecule has 0 spiro atoms. The van der Waals surface area contributed by atoms with Gasteiger partial charge in [0, 0.05) is 46.7 Å². The number of hydrogen-bond donors (Lipinski definition) is 4. The Morgan fingerprint density at radius 2 is 1.83 bits per heavy atom. The number of primary amides is 2. The molecule has 6 N–H and O–H groups in total. The Morgan fingerprint density at radius 3 is 2.40 bits per heavy atom. The highest BCUT2D eigenvalue weighted by atomic mass is 32.1. The molecule has 0 aliphatic heterocycles. The third kappa shape index (κ3) is 5.90. The first-order valence-corrected chi connectivity index (χ1v) is 10.9. The standard InChI is InChI=1S/C21H20F3N7O3S/c1-9(2)30-20(34)29-7-13-16(18(26)33)15(19-31-14(8-35-19)21(22,23)24)12(6-28-13)10-3-11(17(25)32)5-27-4-10/h3-6,8-9H,7H2,1-2H3,(H2,25,32)(H2,26,33)(H2,29,30,34). The maximum atomic E-state index is 13.3. The Bertz CT molecular complexity index is 1290. The van der Waals surface area contributed by atoms with Crippen LogP contribution in [0.5, 0.6) is 0 Å². The fourth-order valence-electron chi connectivity index (χ4n) is 3.11. The summed E-state index contributed by atoms with van der Waals surface area (Å²) in [5, 5.41) is 5.76. The van der Waals surface area contributed by atoms with Crippen LogP contribution in [0.15, 0.2) is 30.0 Å². The van der Waals surface area contributed by atoms with Crippen LogP contribution in [0.25, 0.3) is 21.7 Å². The molecule has 4 amide bonds. The van der Waals surface area contributed by atoms with Gasteiger partial charge in [0.2, 0.25) is 5.91 Å². The first-order valence-electron chi connectivity index (χ1n) is 10.0. The number of alkyl halides is 3. The second-order valence-corrected chi connectivity index (χ2v) is 8.43. The SMILES string of the molecule is CC(C)NC(=O)NCc1ncc(-c2cncc(C(N)=O)c2)c(-c2nc(C(F)(F)F)cs2)c1C(N)=O. The van der Waals surface area contributed by atoms with Crippen molar-refractivity contribution in [1.29, 1.82) is 0 Å². The van der Waals surface area contributed by atoms with Gasteiger partial charge in [0.15, 0.2) is 5.69 Å². The van der Waals surface area contributed by atoms with E-state index in [1.165, 1.54) is 24.7 Å². The van der Waals surface area contributed by atoms with Gasteiger partial charge in [-0.2, -0.15) is 13.2 Å². The molecule has 3 aromatic heterocycles. The van der Waals surface area contributed by atoms with E-state index in [-0.39, 0.29) is 51.1 Å². The van der Waals surface area contributed by atoms with Crippen LogP contribution < -0.4 is 22.1 Å². The summed E-state index contributed by atoms with van der Waals surface area (Å²) in [5.74, 6) is -1.78. The average molecular weight is 507 g/mol. The Hall–Kier alpha value is -4.07. The summed E-state index contributed by atoms with van der Waals surface area (Å²) in [6.07, 6.45) is -0.911. The smallest absolute Gasteiger partial charge is 0.366 e. The van der Waals surface area contributed by atoms with E-state index < -0.39 is 29.7 Å². The molecule has 0 bridgehead atoms. The lowest BCUT2D eigenvalue weighted by molar-refractivity contribution is -0.140. The third-order valence-electron chi connectivity index (χ3n) is 4.58. The molecule has 3 heterocycles. The van der Waals surface area contributed by atoms with Crippen LogP contribution in [0.3, 0.4) is 0 Å². The van der Waals surface area contributed by atoms with Gasteiger partial charge in [0.05, 0.1) is 23.4 Å². The van der Waals surface area contributed by atoms with E-state index >= 15 is 0 Å². The van der Waals surface area contributed by atoms with Gasteiger partial charge in [-0.05, 0) is 19.9 Å². The van der Waals surface area contributed by atoms with E-state index in [2.05, 4.69) is 25.6 Å². The van der Waals surface area contributed by atoms with Crippen molar-refractivity contribution in [2.45, 2.75) is 32.6 Å². The summed E-state index contributed by atoms with van der Waals surface area (Å²) in [4.78, 5) is 48.0. The normalized spacial score (nSPS) is 11.4. The van der Waals surface area contributed by atoms with E-state index in [0.717, 1.165) is 5.38 Å². The van der Waals surface area contributed by atoms with Crippen LogP contribution in [0.1, 0.15) is 46.0 Å². The molecule has 0 radical (unpaired) electrons. The lowest BCUT2D eigenvalue weighted by Gasteiger charge is -2.16. The van der Waals surface area contributed by atoms with Crippen molar-refractivity contribution in [1.82, 2.24) is 25.6 Å². The molecule has 0 saturated heterocycles. The second kappa shape index (κ2) is 10.0. The van der Waals surface area contributed by atoms with Gasteiger partial charge in [-0.1, -0.05) is 0 Å². The minimum Gasteiger partial charge on any atom is -0.366 e. The lowest BCUT2D eigenvalue weighted by atomic mass is 9.95. The highest BCUT2D eigenvalue weighted by Crippen LogP contribution is 2.40. The molecule has 3 aromatic rings. The Morgan fingerprint density at radius 1 is 1.11 bits per heavy atom. The summed E-state index contributed by atoms with van der Waals surface area (Å²) < 4.78 is 39.8. The highest BCUT2D eigenvalue weighted by molar-refractivity contribution is 7.13. The molecule has 0 aliphatic carbocycles. The summed E-state index contributed by atoms with van der Waals surface area (Å²) in [5.41, 5.74) is 9.92. The van der Waals surface area contributed by atoms with Crippen molar-refractivity contribution in [3.05, 3.63) is 52.6 Å². The van der Waals surface area contributed by atoms with Gasteiger partial charge < -0.3 is 22.1 Å². The molecule has 10 nitrogen and oxygen atoms in total. The Balaban J connectivity index is 2.22. The van der Waals surface area contributed by atoms with Crippen LogP contribution in [-0.2, 0) is 12.7 Å². The van der Waals surface area contributed by atoms with Crippen LogP contribution in [-0.4, -0.2) is 38.8 Å². The minimum absolute atomic E-state index is 0.0120. The number of carbonyl (C=O) groups excluding carboxylic acids is 3. The zero-order chi connectivity index (χ0) is 25.9. The summed E-state index contributed by atoms with van der Waals surface area (Å²) >= 11 is 0.644. The number of halogens is 3. The first-order chi connectivity index (χ1) is 16.4. The van der Waals surface area contributed by atoms with E-state index in [9.17, 15) is 27.6 Å². The summed E-state index contributed by atoms with van der Waals surface area (Å²) in [7, 11) is 0. The van der Waals surface area contributed by atoms with Gasteiger partial charge in [0.25, 0.3) is 5.91 Å².